The van der Waals surface area contributed by atoms with Crippen LogP contribution in [0.4, 0.5) is 0 Å². The number of rotatable bonds is 2. The highest BCUT2D eigenvalue weighted by Crippen LogP contribution is 2.22. The molecule has 0 aromatic carbocycles. The smallest absolute Gasteiger partial charge is 0.151 e. The first-order chi connectivity index (χ1) is 5.47. The van der Waals surface area contributed by atoms with Gasteiger partial charge in [0.2, 0.25) is 0 Å². The molecule has 1 atom stereocenters. The Morgan fingerprint density at radius 1 is 1.67 bits per heavy atom. The van der Waals surface area contributed by atoms with Gasteiger partial charge in [-0.1, -0.05) is 11.6 Å². The van der Waals surface area contributed by atoms with Gasteiger partial charge in [-0.3, -0.25) is 0 Å². The lowest BCUT2D eigenvalue weighted by atomic mass is 10.2. The SMILES string of the molecule is CS(=O)(=O)CC=C1CCC(N)C1. The van der Waals surface area contributed by atoms with Crippen LogP contribution in [-0.4, -0.2) is 26.5 Å². The summed E-state index contributed by atoms with van der Waals surface area (Å²) in [7, 11) is -2.85. The molecule has 0 aromatic rings. The molecule has 0 saturated heterocycles. The third-order valence-electron chi connectivity index (χ3n) is 2.04. The van der Waals surface area contributed by atoms with E-state index in [4.69, 9.17) is 5.73 Å². The van der Waals surface area contributed by atoms with Gasteiger partial charge in [-0.2, -0.15) is 0 Å². The van der Waals surface area contributed by atoms with Crippen LogP contribution in [0.3, 0.4) is 0 Å². The second-order valence-electron chi connectivity index (χ2n) is 3.46. The van der Waals surface area contributed by atoms with Crippen molar-refractivity contribution in [3.05, 3.63) is 11.6 Å². The fraction of sp³-hybridized carbons (Fsp3) is 0.750. The topological polar surface area (TPSA) is 60.2 Å². The van der Waals surface area contributed by atoms with Gasteiger partial charge in [-0.15, -0.1) is 0 Å². The molecule has 0 amide bonds. The first kappa shape index (κ1) is 9.74. The largest absolute Gasteiger partial charge is 0.327 e. The Kier molecular flexibility index (Phi) is 2.90. The van der Waals surface area contributed by atoms with E-state index in [1.165, 1.54) is 11.8 Å². The second kappa shape index (κ2) is 3.58. The highest BCUT2D eigenvalue weighted by Gasteiger charge is 2.15. The van der Waals surface area contributed by atoms with Crippen molar-refractivity contribution in [1.82, 2.24) is 0 Å². The zero-order chi connectivity index (χ0) is 9.19. The minimum absolute atomic E-state index is 0.162. The van der Waals surface area contributed by atoms with Gasteiger partial charge >= 0.3 is 0 Å². The molecular formula is C8H15NO2S. The fourth-order valence-electron chi connectivity index (χ4n) is 1.37. The quantitative estimate of drug-likeness (QED) is 0.642. The van der Waals surface area contributed by atoms with E-state index in [2.05, 4.69) is 0 Å². The van der Waals surface area contributed by atoms with Gasteiger partial charge in [0.25, 0.3) is 0 Å². The zero-order valence-electron chi connectivity index (χ0n) is 7.29. The summed E-state index contributed by atoms with van der Waals surface area (Å²) in [4.78, 5) is 0. The molecular weight excluding hydrogens is 174 g/mol. The average Bonchev–Trinajstić information content (AvgIpc) is 2.30. The molecule has 1 aliphatic carbocycles. The van der Waals surface area contributed by atoms with Crippen molar-refractivity contribution in [1.29, 1.82) is 0 Å². The van der Waals surface area contributed by atoms with Crippen molar-refractivity contribution in [2.24, 2.45) is 5.73 Å². The standard InChI is InChI=1S/C8H15NO2S/c1-12(10,11)5-4-7-2-3-8(9)6-7/h4,8H,2-3,5-6,9H2,1H3. The highest BCUT2D eigenvalue weighted by molar-refractivity contribution is 7.90. The van der Waals surface area contributed by atoms with E-state index < -0.39 is 9.84 Å². The minimum atomic E-state index is -2.85. The molecule has 0 spiro atoms. The van der Waals surface area contributed by atoms with Crippen LogP contribution >= 0.6 is 0 Å². The van der Waals surface area contributed by atoms with Crippen molar-refractivity contribution in [2.75, 3.05) is 12.0 Å². The molecule has 0 radical (unpaired) electrons. The van der Waals surface area contributed by atoms with Crippen molar-refractivity contribution in [2.45, 2.75) is 25.3 Å². The van der Waals surface area contributed by atoms with E-state index in [0.717, 1.165) is 19.3 Å². The fourth-order valence-corrected chi connectivity index (χ4v) is 1.90. The molecule has 1 saturated carbocycles. The molecule has 1 fully saturated rings. The molecule has 12 heavy (non-hydrogen) atoms. The maximum Gasteiger partial charge on any atom is 0.151 e. The maximum atomic E-state index is 10.8. The summed E-state index contributed by atoms with van der Waals surface area (Å²) in [5.41, 5.74) is 6.88. The van der Waals surface area contributed by atoms with Gasteiger partial charge in [-0.25, -0.2) is 8.42 Å². The van der Waals surface area contributed by atoms with E-state index in [1.807, 2.05) is 6.08 Å². The Labute approximate surface area is 73.6 Å². The average molecular weight is 189 g/mol. The van der Waals surface area contributed by atoms with Gasteiger partial charge in [0.05, 0.1) is 5.75 Å². The van der Waals surface area contributed by atoms with E-state index in [9.17, 15) is 8.42 Å². The summed E-state index contributed by atoms with van der Waals surface area (Å²) in [6.07, 6.45) is 5.89. The number of hydrogen-bond acceptors (Lipinski definition) is 3. The minimum Gasteiger partial charge on any atom is -0.327 e. The van der Waals surface area contributed by atoms with Crippen LogP contribution in [0.1, 0.15) is 19.3 Å². The predicted molar refractivity (Wildman–Crippen MR) is 49.6 cm³/mol. The normalized spacial score (nSPS) is 28.2. The van der Waals surface area contributed by atoms with Crippen LogP contribution < -0.4 is 5.73 Å². The summed E-state index contributed by atoms with van der Waals surface area (Å²) >= 11 is 0. The van der Waals surface area contributed by atoms with Gasteiger partial charge in [0, 0.05) is 12.3 Å². The number of hydrogen-bond donors (Lipinski definition) is 1. The molecule has 1 aliphatic rings. The Hall–Kier alpha value is -0.350. The van der Waals surface area contributed by atoms with Crippen molar-refractivity contribution >= 4 is 9.84 Å². The molecule has 3 nitrogen and oxygen atoms in total. The van der Waals surface area contributed by atoms with Crippen LogP contribution in [0.15, 0.2) is 11.6 Å². The summed E-state index contributed by atoms with van der Waals surface area (Å²) in [6.45, 7) is 0. The van der Waals surface area contributed by atoms with Crippen LogP contribution in [0.5, 0.6) is 0 Å². The highest BCUT2D eigenvalue weighted by atomic mass is 32.2. The van der Waals surface area contributed by atoms with Crippen LogP contribution in [0.2, 0.25) is 0 Å². The lowest BCUT2D eigenvalue weighted by molar-refractivity contribution is 0.604. The molecule has 1 unspecified atom stereocenters. The Morgan fingerprint density at radius 2 is 2.33 bits per heavy atom. The zero-order valence-corrected chi connectivity index (χ0v) is 8.10. The van der Waals surface area contributed by atoms with Crippen LogP contribution in [-0.2, 0) is 9.84 Å². The first-order valence-electron chi connectivity index (χ1n) is 4.08. The van der Waals surface area contributed by atoms with Gasteiger partial charge in [0.15, 0.2) is 9.84 Å². The van der Waals surface area contributed by atoms with Gasteiger partial charge in [0.1, 0.15) is 0 Å². The van der Waals surface area contributed by atoms with Crippen molar-refractivity contribution in [3.8, 4) is 0 Å². The van der Waals surface area contributed by atoms with Crippen LogP contribution in [0.25, 0.3) is 0 Å². The molecule has 70 valence electrons. The summed E-state index contributed by atoms with van der Waals surface area (Å²) in [6, 6.07) is 0.246. The lowest BCUT2D eigenvalue weighted by Gasteiger charge is -1.96. The van der Waals surface area contributed by atoms with Crippen molar-refractivity contribution < 1.29 is 8.42 Å². The Bertz CT molecular complexity index is 279. The van der Waals surface area contributed by atoms with E-state index in [1.54, 1.807) is 0 Å². The summed E-state index contributed by atoms with van der Waals surface area (Å²) in [5, 5.41) is 0. The van der Waals surface area contributed by atoms with Gasteiger partial charge < -0.3 is 5.73 Å². The Balaban J connectivity index is 2.49. The molecule has 0 aliphatic heterocycles. The molecule has 0 heterocycles. The number of sulfone groups is 1. The third kappa shape index (κ3) is 3.36. The second-order valence-corrected chi connectivity index (χ2v) is 5.64. The molecule has 1 rings (SSSR count). The molecule has 2 N–H and O–H groups in total. The van der Waals surface area contributed by atoms with Gasteiger partial charge in [-0.05, 0) is 19.3 Å². The summed E-state index contributed by atoms with van der Waals surface area (Å²) in [5.74, 6) is 0.162. The predicted octanol–water partition coefficient (Wildman–Crippen LogP) is 0.469. The van der Waals surface area contributed by atoms with Crippen LogP contribution in [0, 0.1) is 0 Å². The monoisotopic (exact) mass is 189 g/mol. The third-order valence-corrected chi connectivity index (χ3v) is 2.81. The van der Waals surface area contributed by atoms with Crippen molar-refractivity contribution in [3.63, 3.8) is 0 Å². The van der Waals surface area contributed by atoms with E-state index in [-0.39, 0.29) is 11.8 Å². The number of nitrogens with two attached hydrogens (primary N) is 1. The maximum absolute atomic E-state index is 10.8. The molecule has 0 bridgehead atoms. The molecule has 4 heteroatoms. The summed E-state index contributed by atoms with van der Waals surface area (Å²) < 4.78 is 21.6. The lowest BCUT2D eigenvalue weighted by Crippen LogP contribution is -2.13. The Morgan fingerprint density at radius 3 is 2.75 bits per heavy atom. The van der Waals surface area contributed by atoms with E-state index >= 15 is 0 Å². The first-order valence-corrected chi connectivity index (χ1v) is 6.14. The van der Waals surface area contributed by atoms with E-state index in [0.29, 0.717) is 0 Å². The molecule has 0 aromatic heterocycles.